The van der Waals surface area contributed by atoms with Crippen LogP contribution < -0.4 is 5.73 Å². The number of ether oxygens (including phenoxy) is 1. The van der Waals surface area contributed by atoms with Crippen molar-refractivity contribution in [1.82, 2.24) is 4.90 Å². The van der Waals surface area contributed by atoms with E-state index in [4.69, 9.17) is 10.5 Å². The summed E-state index contributed by atoms with van der Waals surface area (Å²) in [5.41, 5.74) is 6.01. The maximum absolute atomic E-state index is 6.01. The Kier molecular flexibility index (Phi) is 5.45. The molecule has 0 amide bonds. The van der Waals surface area contributed by atoms with E-state index in [0.29, 0.717) is 12.1 Å². The Balaban J connectivity index is 2.15. The van der Waals surface area contributed by atoms with E-state index in [1.807, 2.05) is 7.11 Å². The van der Waals surface area contributed by atoms with E-state index < -0.39 is 0 Å². The molecule has 1 rings (SSSR count). The molecule has 1 atom stereocenters. The van der Waals surface area contributed by atoms with Crippen LogP contribution in [0.3, 0.4) is 0 Å². The fraction of sp³-hybridized carbons (Fsp3) is 1.00. The van der Waals surface area contributed by atoms with Gasteiger partial charge in [-0.05, 0) is 19.3 Å². The Hall–Kier alpha value is -0.120. The van der Waals surface area contributed by atoms with Gasteiger partial charge in [-0.2, -0.15) is 0 Å². The molecule has 1 fully saturated rings. The number of hydrogen-bond acceptors (Lipinski definition) is 3. The number of likely N-dealkylation sites (tertiary alicyclic amines) is 1. The molecule has 1 aliphatic heterocycles. The maximum atomic E-state index is 6.01. The first-order valence-corrected chi connectivity index (χ1v) is 5.77. The van der Waals surface area contributed by atoms with Crippen molar-refractivity contribution in [3.63, 3.8) is 0 Å². The predicted molar refractivity (Wildman–Crippen MR) is 59.4 cm³/mol. The first-order chi connectivity index (χ1) is 6.76. The lowest BCUT2D eigenvalue weighted by molar-refractivity contribution is 0.0393. The Morgan fingerprint density at radius 2 is 2.07 bits per heavy atom. The largest absolute Gasteiger partial charge is 0.381 e. The summed E-state index contributed by atoms with van der Waals surface area (Å²) in [4.78, 5) is 2.47. The smallest absolute Gasteiger partial charge is 0.0595 e. The molecule has 2 N–H and O–H groups in total. The lowest BCUT2D eigenvalue weighted by atomic mass is 10.1. The Bertz CT molecular complexity index is 144. The molecule has 0 bridgehead atoms. The second-order valence-electron chi connectivity index (χ2n) is 4.28. The Morgan fingerprint density at radius 1 is 1.43 bits per heavy atom. The Labute approximate surface area is 87.6 Å². The van der Waals surface area contributed by atoms with Gasteiger partial charge in [0, 0.05) is 32.8 Å². The number of piperidine rings is 1. The third-order valence-electron chi connectivity index (χ3n) is 3.02. The number of rotatable bonds is 5. The van der Waals surface area contributed by atoms with Gasteiger partial charge in [0.15, 0.2) is 0 Å². The number of hydrogen-bond donors (Lipinski definition) is 1. The first kappa shape index (κ1) is 12.0. The molecule has 0 spiro atoms. The van der Waals surface area contributed by atoms with E-state index in [1.54, 1.807) is 0 Å². The molecule has 0 aliphatic carbocycles. The van der Waals surface area contributed by atoms with Crippen molar-refractivity contribution < 1.29 is 4.74 Å². The van der Waals surface area contributed by atoms with E-state index in [2.05, 4.69) is 11.8 Å². The zero-order chi connectivity index (χ0) is 10.4. The Morgan fingerprint density at radius 3 is 2.57 bits per heavy atom. The molecule has 84 valence electrons. The van der Waals surface area contributed by atoms with Crippen LogP contribution in [0.4, 0.5) is 0 Å². The van der Waals surface area contributed by atoms with Crippen molar-refractivity contribution >= 4 is 0 Å². The predicted octanol–water partition coefficient (Wildman–Crippen LogP) is 1.22. The minimum atomic E-state index is 0.360. The van der Waals surface area contributed by atoms with E-state index in [0.717, 1.165) is 38.9 Å². The molecule has 0 aromatic rings. The zero-order valence-electron chi connectivity index (χ0n) is 9.54. The van der Waals surface area contributed by atoms with Crippen LogP contribution in [0.2, 0.25) is 0 Å². The van der Waals surface area contributed by atoms with Crippen molar-refractivity contribution in [2.24, 2.45) is 5.73 Å². The standard InChI is InChI=1S/C11H24N2O/c1-3-4-10(12)9-13-7-5-11(14-2)6-8-13/h10-11H,3-9,12H2,1-2H3. The maximum Gasteiger partial charge on any atom is 0.0595 e. The van der Waals surface area contributed by atoms with Crippen LogP contribution in [-0.4, -0.2) is 43.8 Å². The second kappa shape index (κ2) is 6.38. The molecular formula is C11H24N2O. The highest BCUT2D eigenvalue weighted by Crippen LogP contribution is 2.13. The fourth-order valence-electron chi connectivity index (χ4n) is 2.12. The lowest BCUT2D eigenvalue weighted by Crippen LogP contribution is -2.43. The second-order valence-corrected chi connectivity index (χ2v) is 4.28. The molecule has 3 nitrogen and oxygen atoms in total. The lowest BCUT2D eigenvalue weighted by Gasteiger charge is -2.32. The van der Waals surface area contributed by atoms with Gasteiger partial charge >= 0.3 is 0 Å². The van der Waals surface area contributed by atoms with Gasteiger partial charge < -0.3 is 15.4 Å². The van der Waals surface area contributed by atoms with Crippen LogP contribution >= 0.6 is 0 Å². The fourth-order valence-corrected chi connectivity index (χ4v) is 2.12. The summed E-state index contributed by atoms with van der Waals surface area (Å²) in [5.74, 6) is 0. The first-order valence-electron chi connectivity index (χ1n) is 5.77. The average molecular weight is 200 g/mol. The molecule has 0 aromatic carbocycles. The quantitative estimate of drug-likeness (QED) is 0.725. The topological polar surface area (TPSA) is 38.5 Å². The third kappa shape index (κ3) is 3.95. The van der Waals surface area contributed by atoms with E-state index in [1.165, 1.54) is 6.42 Å². The van der Waals surface area contributed by atoms with Crippen LogP contribution in [0.15, 0.2) is 0 Å². The van der Waals surface area contributed by atoms with Crippen LogP contribution in [0.1, 0.15) is 32.6 Å². The van der Waals surface area contributed by atoms with Crippen molar-refractivity contribution in [2.75, 3.05) is 26.7 Å². The monoisotopic (exact) mass is 200 g/mol. The molecule has 0 aromatic heterocycles. The van der Waals surface area contributed by atoms with Gasteiger partial charge in [0.25, 0.3) is 0 Å². The van der Waals surface area contributed by atoms with Gasteiger partial charge in [0.1, 0.15) is 0 Å². The average Bonchev–Trinajstić information content (AvgIpc) is 2.19. The molecule has 0 saturated carbocycles. The summed E-state index contributed by atoms with van der Waals surface area (Å²) < 4.78 is 5.33. The van der Waals surface area contributed by atoms with Crippen LogP contribution in [-0.2, 0) is 4.74 Å². The molecule has 1 heterocycles. The summed E-state index contributed by atoms with van der Waals surface area (Å²) >= 11 is 0. The number of nitrogens with two attached hydrogens (primary N) is 1. The summed E-state index contributed by atoms with van der Waals surface area (Å²) in [6.07, 6.45) is 5.14. The van der Waals surface area contributed by atoms with Gasteiger partial charge in [-0.25, -0.2) is 0 Å². The highest BCUT2D eigenvalue weighted by Gasteiger charge is 2.19. The van der Waals surface area contributed by atoms with Gasteiger partial charge in [-0.15, -0.1) is 0 Å². The van der Waals surface area contributed by atoms with Gasteiger partial charge in [0.05, 0.1) is 6.10 Å². The van der Waals surface area contributed by atoms with E-state index in [9.17, 15) is 0 Å². The van der Waals surface area contributed by atoms with Crippen LogP contribution in [0, 0.1) is 0 Å². The van der Waals surface area contributed by atoms with Crippen LogP contribution in [0.5, 0.6) is 0 Å². The zero-order valence-corrected chi connectivity index (χ0v) is 9.54. The SMILES string of the molecule is CCCC(N)CN1CCC(OC)CC1. The molecule has 14 heavy (non-hydrogen) atoms. The minimum Gasteiger partial charge on any atom is -0.381 e. The molecule has 3 heteroatoms. The summed E-state index contributed by atoms with van der Waals surface area (Å²) in [5, 5.41) is 0. The molecule has 1 unspecified atom stereocenters. The number of methoxy groups -OCH3 is 1. The van der Waals surface area contributed by atoms with Crippen LogP contribution in [0.25, 0.3) is 0 Å². The van der Waals surface area contributed by atoms with Crippen molar-refractivity contribution in [3.05, 3.63) is 0 Å². The molecule has 1 saturated heterocycles. The highest BCUT2D eigenvalue weighted by molar-refractivity contribution is 4.75. The van der Waals surface area contributed by atoms with Gasteiger partial charge in [-0.3, -0.25) is 0 Å². The molecular weight excluding hydrogens is 176 g/mol. The minimum absolute atomic E-state index is 0.360. The van der Waals surface area contributed by atoms with E-state index >= 15 is 0 Å². The van der Waals surface area contributed by atoms with Crippen molar-refractivity contribution in [2.45, 2.75) is 44.8 Å². The third-order valence-corrected chi connectivity index (χ3v) is 3.02. The number of nitrogens with zero attached hydrogens (tertiary/aromatic N) is 1. The normalized spacial score (nSPS) is 22.5. The van der Waals surface area contributed by atoms with Crippen molar-refractivity contribution in [1.29, 1.82) is 0 Å². The van der Waals surface area contributed by atoms with Gasteiger partial charge in [-0.1, -0.05) is 13.3 Å². The summed E-state index contributed by atoms with van der Waals surface area (Å²) in [6.45, 7) is 5.55. The van der Waals surface area contributed by atoms with Gasteiger partial charge in [0.2, 0.25) is 0 Å². The molecule has 0 radical (unpaired) electrons. The highest BCUT2D eigenvalue weighted by atomic mass is 16.5. The van der Waals surface area contributed by atoms with E-state index in [-0.39, 0.29) is 0 Å². The summed E-state index contributed by atoms with van der Waals surface area (Å²) in [7, 11) is 1.81. The summed E-state index contributed by atoms with van der Waals surface area (Å²) in [6, 6.07) is 0.360. The van der Waals surface area contributed by atoms with Crippen molar-refractivity contribution in [3.8, 4) is 0 Å². The molecule has 1 aliphatic rings.